The van der Waals surface area contributed by atoms with Crippen LogP contribution >= 0.6 is 0 Å². The molecular weight excluding hydrogens is 364 g/mol. The third-order valence-corrected chi connectivity index (χ3v) is 5.36. The van der Waals surface area contributed by atoms with Crippen molar-refractivity contribution < 1.29 is 14.4 Å². The van der Waals surface area contributed by atoms with E-state index in [1.54, 1.807) is 12.1 Å². The van der Waals surface area contributed by atoms with Crippen molar-refractivity contribution in [2.24, 2.45) is 0 Å². The van der Waals surface area contributed by atoms with Gasteiger partial charge in [-0.05, 0) is 38.8 Å². The van der Waals surface area contributed by atoms with Gasteiger partial charge in [0, 0.05) is 43.1 Å². The van der Waals surface area contributed by atoms with Gasteiger partial charge in [-0.15, -0.1) is 0 Å². The Morgan fingerprint density at radius 2 is 1.59 bits per heavy atom. The Hall–Kier alpha value is -2.95. The summed E-state index contributed by atoms with van der Waals surface area (Å²) in [6.45, 7) is 5.20. The molecule has 1 aliphatic rings. The SMILES string of the molecule is Cc1ccc(C(=O)CCC(=O)NC2CCN(C(=O)c3cccc(C)c3)CC2)cc1. The van der Waals surface area contributed by atoms with E-state index in [0.29, 0.717) is 24.2 Å². The first-order chi connectivity index (χ1) is 13.9. The van der Waals surface area contributed by atoms with Crippen LogP contribution in [-0.4, -0.2) is 41.6 Å². The Bertz CT molecular complexity index is 881. The van der Waals surface area contributed by atoms with Gasteiger partial charge in [0.1, 0.15) is 0 Å². The molecule has 3 rings (SSSR count). The van der Waals surface area contributed by atoms with Crippen LogP contribution < -0.4 is 5.32 Å². The topological polar surface area (TPSA) is 66.5 Å². The van der Waals surface area contributed by atoms with Crippen molar-refractivity contribution in [1.29, 1.82) is 0 Å². The van der Waals surface area contributed by atoms with Crippen molar-refractivity contribution in [2.45, 2.75) is 45.6 Å². The maximum atomic E-state index is 12.6. The molecule has 0 unspecified atom stereocenters. The summed E-state index contributed by atoms with van der Waals surface area (Å²) in [5.41, 5.74) is 3.53. The minimum Gasteiger partial charge on any atom is -0.353 e. The Balaban J connectivity index is 1.42. The van der Waals surface area contributed by atoms with Gasteiger partial charge in [0.25, 0.3) is 5.91 Å². The largest absolute Gasteiger partial charge is 0.353 e. The second-order valence-electron chi connectivity index (χ2n) is 7.79. The van der Waals surface area contributed by atoms with Gasteiger partial charge in [-0.25, -0.2) is 0 Å². The number of rotatable bonds is 6. The van der Waals surface area contributed by atoms with Crippen molar-refractivity contribution in [3.63, 3.8) is 0 Å². The van der Waals surface area contributed by atoms with E-state index >= 15 is 0 Å². The highest BCUT2D eigenvalue weighted by Crippen LogP contribution is 2.15. The van der Waals surface area contributed by atoms with E-state index in [1.165, 1.54) is 0 Å². The number of amides is 2. The van der Waals surface area contributed by atoms with Crippen molar-refractivity contribution >= 4 is 17.6 Å². The third kappa shape index (κ3) is 5.76. The van der Waals surface area contributed by atoms with E-state index in [-0.39, 0.29) is 36.5 Å². The second-order valence-corrected chi connectivity index (χ2v) is 7.79. The van der Waals surface area contributed by atoms with Gasteiger partial charge in [0.05, 0.1) is 0 Å². The smallest absolute Gasteiger partial charge is 0.253 e. The van der Waals surface area contributed by atoms with Crippen LogP contribution in [0.5, 0.6) is 0 Å². The third-order valence-electron chi connectivity index (χ3n) is 5.36. The molecule has 1 aliphatic heterocycles. The first-order valence-electron chi connectivity index (χ1n) is 10.2. The quantitative estimate of drug-likeness (QED) is 0.763. The molecule has 1 saturated heterocycles. The molecule has 1 fully saturated rings. The van der Waals surface area contributed by atoms with Crippen LogP contribution in [0.4, 0.5) is 0 Å². The van der Waals surface area contributed by atoms with Crippen molar-refractivity contribution in [1.82, 2.24) is 10.2 Å². The molecule has 0 aromatic heterocycles. The zero-order chi connectivity index (χ0) is 20.8. The molecular formula is C24H28N2O3. The Kier molecular flexibility index (Phi) is 6.81. The standard InChI is InChI=1S/C24H28N2O3/c1-17-6-8-19(9-7-17)22(27)10-11-23(28)25-21-12-14-26(15-13-21)24(29)20-5-3-4-18(2)16-20/h3-9,16,21H,10-15H2,1-2H3,(H,25,28). The molecule has 2 aromatic rings. The predicted molar refractivity (Wildman–Crippen MR) is 113 cm³/mol. The number of carbonyl (C=O) groups excluding carboxylic acids is 3. The van der Waals surface area contributed by atoms with E-state index in [2.05, 4.69) is 5.32 Å². The molecule has 1 heterocycles. The molecule has 0 atom stereocenters. The number of ketones is 1. The summed E-state index contributed by atoms with van der Waals surface area (Å²) >= 11 is 0. The summed E-state index contributed by atoms with van der Waals surface area (Å²) in [7, 11) is 0. The number of nitrogens with one attached hydrogen (secondary N) is 1. The number of carbonyl (C=O) groups is 3. The highest BCUT2D eigenvalue weighted by atomic mass is 16.2. The van der Waals surface area contributed by atoms with E-state index in [9.17, 15) is 14.4 Å². The molecule has 0 spiro atoms. The number of piperidine rings is 1. The lowest BCUT2D eigenvalue weighted by atomic mass is 10.0. The van der Waals surface area contributed by atoms with Crippen LogP contribution in [-0.2, 0) is 4.79 Å². The molecule has 2 amide bonds. The molecule has 5 heteroatoms. The summed E-state index contributed by atoms with van der Waals surface area (Å²) < 4.78 is 0. The van der Waals surface area contributed by atoms with Crippen LogP contribution in [0.2, 0.25) is 0 Å². The summed E-state index contributed by atoms with van der Waals surface area (Å²) in [5.74, 6) is -0.0742. The lowest BCUT2D eigenvalue weighted by Crippen LogP contribution is -2.46. The molecule has 152 valence electrons. The molecule has 5 nitrogen and oxygen atoms in total. The lowest BCUT2D eigenvalue weighted by Gasteiger charge is -2.32. The molecule has 29 heavy (non-hydrogen) atoms. The lowest BCUT2D eigenvalue weighted by molar-refractivity contribution is -0.122. The minimum atomic E-state index is -0.103. The van der Waals surface area contributed by atoms with Crippen LogP contribution in [0, 0.1) is 13.8 Å². The van der Waals surface area contributed by atoms with Gasteiger partial charge >= 0.3 is 0 Å². The summed E-state index contributed by atoms with van der Waals surface area (Å²) in [4.78, 5) is 38.9. The Morgan fingerprint density at radius 3 is 2.24 bits per heavy atom. The minimum absolute atomic E-state index is 0.0151. The first-order valence-corrected chi connectivity index (χ1v) is 10.2. The number of hydrogen-bond acceptors (Lipinski definition) is 3. The highest BCUT2D eigenvalue weighted by Gasteiger charge is 2.24. The zero-order valence-electron chi connectivity index (χ0n) is 17.1. The summed E-state index contributed by atoms with van der Waals surface area (Å²) in [6, 6.07) is 15.1. The number of benzene rings is 2. The van der Waals surface area contributed by atoms with Gasteiger partial charge in [-0.3, -0.25) is 14.4 Å². The van der Waals surface area contributed by atoms with Gasteiger partial charge in [-0.1, -0.05) is 47.5 Å². The Morgan fingerprint density at radius 1 is 0.897 bits per heavy atom. The predicted octanol–water partition coefficient (Wildman–Crippen LogP) is 3.69. The van der Waals surface area contributed by atoms with Crippen molar-refractivity contribution in [2.75, 3.05) is 13.1 Å². The van der Waals surface area contributed by atoms with Gasteiger partial charge in [-0.2, -0.15) is 0 Å². The summed E-state index contributed by atoms with van der Waals surface area (Å²) in [6.07, 6.45) is 1.86. The molecule has 0 radical (unpaired) electrons. The van der Waals surface area contributed by atoms with E-state index < -0.39 is 0 Å². The average molecular weight is 392 g/mol. The highest BCUT2D eigenvalue weighted by molar-refractivity contribution is 5.98. The normalized spacial score (nSPS) is 14.5. The number of nitrogens with zero attached hydrogens (tertiary/aromatic N) is 1. The van der Waals surface area contributed by atoms with Crippen LogP contribution in [0.1, 0.15) is 57.5 Å². The average Bonchev–Trinajstić information content (AvgIpc) is 2.72. The van der Waals surface area contributed by atoms with Gasteiger partial charge in [0.15, 0.2) is 5.78 Å². The van der Waals surface area contributed by atoms with Crippen LogP contribution in [0.3, 0.4) is 0 Å². The van der Waals surface area contributed by atoms with Gasteiger partial charge in [0.2, 0.25) is 5.91 Å². The number of hydrogen-bond donors (Lipinski definition) is 1. The monoisotopic (exact) mass is 392 g/mol. The fraction of sp³-hybridized carbons (Fsp3) is 0.375. The number of likely N-dealkylation sites (tertiary alicyclic amines) is 1. The Labute approximate surface area is 172 Å². The van der Waals surface area contributed by atoms with E-state index in [0.717, 1.165) is 24.0 Å². The van der Waals surface area contributed by atoms with Crippen molar-refractivity contribution in [3.05, 3.63) is 70.8 Å². The fourth-order valence-corrected chi connectivity index (χ4v) is 3.60. The zero-order valence-corrected chi connectivity index (χ0v) is 17.1. The number of Topliss-reactive ketones (excluding diaryl/α,β-unsaturated/α-hetero) is 1. The van der Waals surface area contributed by atoms with E-state index in [1.807, 2.05) is 55.1 Å². The van der Waals surface area contributed by atoms with Crippen molar-refractivity contribution in [3.8, 4) is 0 Å². The van der Waals surface area contributed by atoms with E-state index in [4.69, 9.17) is 0 Å². The summed E-state index contributed by atoms with van der Waals surface area (Å²) in [5, 5.41) is 3.01. The molecule has 0 saturated carbocycles. The molecule has 0 aliphatic carbocycles. The molecule has 2 aromatic carbocycles. The van der Waals surface area contributed by atoms with Gasteiger partial charge < -0.3 is 10.2 Å². The second kappa shape index (κ2) is 9.50. The number of aryl methyl sites for hydroxylation is 2. The molecule has 1 N–H and O–H groups in total. The van der Waals surface area contributed by atoms with Crippen LogP contribution in [0.15, 0.2) is 48.5 Å². The first kappa shape index (κ1) is 20.8. The van der Waals surface area contributed by atoms with Crippen LogP contribution in [0.25, 0.3) is 0 Å². The fourth-order valence-electron chi connectivity index (χ4n) is 3.60. The maximum Gasteiger partial charge on any atom is 0.253 e. The maximum absolute atomic E-state index is 12.6. The molecule has 0 bridgehead atoms.